The van der Waals surface area contributed by atoms with Crippen LogP contribution in [0.4, 0.5) is 4.39 Å². The standard InChI is InChI=1S/C21H22FNO3/c1-21(8-9-21)17-11-16(12-18(22)13-17)20(25)23-10-7-19(24)26-14-15-5-3-2-4-6-15/h2-6,11-13H,7-10,14H2,1H3,(H,23,25). The van der Waals surface area contributed by atoms with E-state index < -0.39 is 5.82 Å². The molecule has 4 nitrogen and oxygen atoms in total. The Morgan fingerprint density at radius 3 is 2.58 bits per heavy atom. The van der Waals surface area contributed by atoms with Gasteiger partial charge in [0.15, 0.2) is 0 Å². The van der Waals surface area contributed by atoms with Gasteiger partial charge in [-0.25, -0.2) is 4.39 Å². The van der Waals surface area contributed by atoms with E-state index in [-0.39, 0.29) is 42.4 Å². The average molecular weight is 355 g/mol. The summed E-state index contributed by atoms with van der Waals surface area (Å²) >= 11 is 0. The molecule has 1 fully saturated rings. The molecule has 0 spiro atoms. The molecule has 0 aliphatic heterocycles. The first kappa shape index (κ1) is 18.1. The van der Waals surface area contributed by atoms with E-state index in [4.69, 9.17) is 4.74 Å². The molecule has 1 aliphatic carbocycles. The maximum Gasteiger partial charge on any atom is 0.307 e. The quantitative estimate of drug-likeness (QED) is 0.770. The van der Waals surface area contributed by atoms with Gasteiger partial charge in [0, 0.05) is 12.1 Å². The first-order valence-corrected chi connectivity index (χ1v) is 8.75. The number of hydrogen-bond donors (Lipinski definition) is 1. The highest BCUT2D eigenvalue weighted by molar-refractivity contribution is 5.94. The minimum Gasteiger partial charge on any atom is -0.461 e. The molecule has 0 radical (unpaired) electrons. The van der Waals surface area contributed by atoms with Crippen LogP contribution in [0.1, 0.15) is 47.7 Å². The van der Waals surface area contributed by atoms with Gasteiger partial charge in [-0.15, -0.1) is 0 Å². The largest absolute Gasteiger partial charge is 0.461 e. The summed E-state index contributed by atoms with van der Waals surface area (Å²) in [5, 5.41) is 2.65. The van der Waals surface area contributed by atoms with Crippen LogP contribution in [0, 0.1) is 5.82 Å². The summed E-state index contributed by atoms with van der Waals surface area (Å²) in [5.74, 6) is -1.19. The van der Waals surface area contributed by atoms with Crippen molar-refractivity contribution in [3.05, 3.63) is 71.0 Å². The van der Waals surface area contributed by atoms with Crippen molar-refractivity contribution in [2.24, 2.45) is 0 Å². The van der Waals surface area contributed by atoms with Crippen LogP contribution in [0.5, 0.6) is 0 Å². The number of carbonyl (C=O) groups is 2. The van der Waals surface area contributed by atoms with E-state index in [9.17, 15) is 14.0 Å². The zero-order valence-corrected chi connectivity index (χ0v) is 14.8. The lowest BCUT2D eigenvalue weighted by atomic mass is 9.96. The maximum absolute atomic E-state index is 13.8. The molecule has 1 N–H and O–H groups in total. The van der Waals surface area contributed by atoms with E-state index in [0.717, 1.165) is 24.0 Å². The molecular formula is C21H22FNO3. The summed E-state index contributed by atoms with van der Waals surface area (Å²) in [7, 11) is 0. The Morgan fingerprint density at radius 2 is 1.88 bits per heavy atom. The van der Waals surface area contributed by atoms with Crippen molar-refractivity contribution in [1.29, 1.82) is 0 Å². The first-order chi connectivity index (χ1) is 12.5. The number of carbonyl (C=O) groups excluding carboxylic acids is 2. The molecule has 2 aromatic rings. The van der Waals surface area contributed by atoms with Gasteiger partial charge in [-0.05, 0) is 47.6 Å². The second-order valence-corrected chi connectivity index (χ2v) is 6.94. The molecule has 3 rings (SSSR count). The highest BCUT2D eigenvalue weighted by atomic mass is 19.1. The molecule has 1 saturated carbocycles. The summed E-state index contributed by atoms with van der Waals surface area (Å²) in [6.45, 7) is 2.42. The molecule has 0 saturated heterocycles. The number of hydrogen-bond acceptors (Lipinski definition) is 3. The Bertz CT molecular complexity index is 800. The maximum atomic E-state index is 13.8. The van der Waals surface area contributed by atoms with Crippen molar-refractivity contribution >= 4 is 11.9 Å². The number of nitrogens with one attached hydrogen (secondary N) is 1. The predicted octanol–water partition coefficient (Wildman–Crippen LogP) is 3.74. The zero-order chi connectivity index (χ0) is 18.6. The van der Waals surface area contributed by atoms with Crippen molar-refractivity contribution in [1.82, 2.24) is 5.32 Å². The van der Waals surface area contributed by atoms with Crippen molar-refractivity contribution in [3.8, 4) is 0 Å². The highest BCUT2D eigenvalue weighted by Crippen LogP contribution is 2.47. The van der Waals surface area contributed by atoms with E-state index in [1.807, 2.05) is 30.3 Å². The van der Waals surface area contributed by atoms with Gasteiger partial charge >= 0.3 is 5.97 Å². The lowest BCUT2D eigenvalue weighted by Gasteiger charge is -2.12. The monoisotopic (exact) mass is 355 g/mol. The molecule has 0 atom stereocenters. The molecular weight excluding hydrogens is 333 g/mol. The van der Waals surface area contributed by atoms with Gasteiger partial charge in [0.1, 0.15) is 12.4 Å². The van der Waals surface area contributed by atoms with Gasteiger partial charge in [0.25, 0.3) is 5.91 Å². The SMILES string of the molecule is CC1(c2cc(F)cc(C(=O)NCCC(=O)OCc3ccccc3)c2)CC1. The summed E-state index contributed by atoms with van der Waals surface area (Å²) in [5.41, 5.74) is 2.03. The predicted molar refractivity (Wildman–Crippen MR) is 96.2 cm³/mol. The van der Waals surface area contributed by atoms with Crippen LogP contribution in [-0.4, -0.2) is 18.4 Å². The van der Waals surface area contributed by atoms with E-state index in [2.05, 4.69) is 12.2 Å². The van der Waals surface area contributed by atoms with Crippen molar-refractivity contribution in [3.63, 3.8) is 0 Å². The summed E-state index contributed by atoms with van der Waals surface area (Å²) < 4.78 is 19.0. The molecule has 0 unspecified atom stereocenters. The molecule has 0 bridgehead atoms. The summed E-state index contributed by atoms with van der Waals surface area (Å²) in [6.07, 6.45) is 2.08. The fraction of sp³-hybridized carbons (Fsp3) is 0.333. The van der Waals surface area contributed by atoms with Crippen molar-refractivity contribution in [2.75, 3.05) is 6.54 Å². The van der Waals surface area contributed by atoms with Crippen LogP contribution in [-0.2, 0) is 21.6 Å². The van der Waals surface area contributed by atoms with E-state index in [1.54, 1.807) is 6.07 Å². The Kier molecular flexibility index (Phi) is 5.35. The molecule has 2 aromatic carbocycles. The lowest BCUT2D eigenvalue weighted by molar-refractivity contribution is -0.144. The minimum atomic E-state index is -0.414. The van der Waals surface area contributed by atoms with Gasteiger partial charge in [0.2, 0.25) is 0 Å². The third kappa shape index (κ3) is 4.69. The normalized spacial score (nSPS) is 14.5. The zero-order valence-electron chi connectivity index (χ0n) is 14.8. The van der Waals surface area contributed by atoms with E-state index >= 15 is 0 Å². The number of amides is 1. The van der Waals surface area contributed by atoms with Crippen LogP contribution in [0.2, 0.25) is 0 Å². The first-order valence-electron chi connectivity index (χ1n) is 8.75. The lowest BCUT2D eigenvalue weighted by Crippen LogP contribution is -2.27. The number of ether oxygens (including phenoxy) is 1. The molecule has 5 heteroatoms. The molecule has 1 amide bonds. The van der Waals surface area contributed by atoms with Crippen LogP contribution < -0.4 is 5.32 Å². The molecule has 0 aromatic heterocycles. The fourth-order valence-electron chi connectivity index (χ4n) is 2.74. The molecule has 136 valence electrons. The van der Waals surface area contributed by atoms with Gasteiger partial charge in [-0.2, -0.15) is 0 Å². The van der Waals surface area contributed by atoms with Crippen LogP contribution >= 0.6 is 0 Å². The second-order valence-electron chi connectivity index (χ2n) is 6.94. The number of halogens is 1. The Balaban J connectivity index is 1.47. The molecule has 0 heterocycles. The smallest absolute Gasteiger partial charge is 0.307 e. The minimum absolute atomic E-state index is 0.0155. The highest BCUT2D eigenvalue weighted by Gasteiger charge is 2.39. The Morgan fingerprint density at radius 1 is 1.15 bits per heavy atom. The van der Waals surface area contributed by atoms with E-state index in [0.29, 0.717) is 0 Å². The topological polar surface area (TPSA) is 55.4 Å². The fourth-order valence-corrected chi connectivity index (χ4v) is 2.74. The Labute approximate surface area is 152 Å². The number of esters is 1. The second kappa shape index (κ2) is 7.68. The average Bonchev–Trinajstić information content (AvgIpc) is 3.39. The number of benzene rings is 2. The third-order valence-corrected chi connectivity index (χ3v) is 4.71. The van der Waals surface area contributed by atoms with Gasteiger partial charge < -0.3 is 10.1 Å². The number of rotatable bonds is 7. The van der Waals surface area contributed by atoms with E-state index in [1.165, 1.54) is 12.1 Å². The third-order valence-electron chi connectivity index (χ3n) is 4.71. The summed E-state index contributed by atoms with van der Waals surface area (Å²) in [4.78, 5) is 24.0. The molecule has 26 heavy (non-hydrogen) atoms. The van der Waals surface area contributed by atoms with Gasteiger partial charge in [-0.3, -0.25) is 9.59 Å². The van der Waals surface area contributed by atoms with Crippen molar-refractivity contribution in [2.45, 2.75) is 38.2 Å². The molecule has 1 aliphatic rings. The van der Waals surface area contributed by atoms with Gasteiger partial charge in [-0.1, -0.05) is 37.3 Å². The van der Waals surface area contributed by atoms with Gasteiger partial charge in [0.05, 0.1) is 6.42 Å². The van der Waals surface area contributed by atoms with Crippen LogP contribution in [0.15, 0.2) is 48.5 Å². The van der Waals surface area contributed by atoms with Crippen LogP contribution in [0.3, 0.4) is 0 Å². The van der Waals surface area contributed by atoms with Crippen LogP contribution in [0.25, 0.3) is 0 Å². The summed E-state index contributed by atoms with van der Waals surface area (Å²) in [6, 6.07) is 13.8. The Hall–Kier alpha value is -2.69. The van der Waals surface area contributed by atoms with Crippen molar-refractivity contribution < 1.29 is 18.7 Å².